The van der Waals surface area contributed by atoms with Crippen molar-refractivity contribution < 1.29 is 23.1 Å². The van der Waals surface area contributed by atoms with Crippen molar-refractivity contribution in [1.29, 1.82) is 0 Å². The maximum absolute atomic E-state index is 12.2. The Morgan fingerprint density at radius 3 is 2.35 bits per heavy atom. The number of hydrogen-bond donors (Lipinski definition) is 2. The number of carbonyl (C=O) groups is 2. The number of hydrogen-bond acceptors (Lipinski definition) is 5. The monoisotopic (exact) mass is 353 g/mol. The largest absolute Gasteiger partial charge is 0.481 e. The lowest BCUT2D eigenvalue weighted by Gasteiger charge is -2.15. The van der Waals surface area contributed by atoms with Crippen LogP contribution in [0.4, 0.5) is 0 Å². The highest BCUT2D eigenvalue weighted by molar-refractivity contribution is 7.90. The molecule has 2 rings (SSSR count). The van der Waals surface area contributed by atoms with Gasteiger partial charge in [-0.1, -0.05) is 6.07 Å². The van der Waals surface area contributed by atoms with E-state index in [9.17, 15) is 18.0 Å². The lowest BCUT2D eigenvalue weighted by molar-refractivity contribution is -0.137. The van der Waals surface area contributed by atoms with Gasteiger partial charge in [0.2, 0.25) is 0 Å². The first-order chi connectivity index (χ1) is 10.8. The molecule has 0 bridgehead atoms. The summed E-state index contributed by atoms with van der Waals surface area (Å²) in [6, 6.07) is 8.40. The van der Waals surface area contributed by atoms with Crippen LogP contribution in [0.25, 0.3) is 0 Å². The Kier molecular flexibility index (Phi) is 5.17. The molecule has 2 N–H and O–H groups in total. The van der Waals surface area contributed by atoms with Gasteiger partial charge in [-0.15, -0.1) is 11.3 Å². The van der Waals surface area contributed by atoms with Crippen LogP contribution in [-0.2, 0) is 14.6 Å². The van der Waals surface area contributed by atoms with Crippen LogP contribution >= 0.6 is 11.3 Å². The van der Waals surface area contributed by atoms with Crippen LogP contribution in [0.5, 0.6) is 0 Å². The summed E-state index contributed by atoms with van der Waals surface area (Å²) >= 11 is 1.36. The zero-order valence-electron chi connectivity index (χ0n) is 12.2. The highest BCUT2D eigenvalue weighted by Crippen LogP contribution is 2.22. The third kappa shape index (κ3) is 4.64. The molecule has 2 aromatic rings. The molecule has 1 heterocycles. The van der Waals surface area contributed by atoms with Crippen LogP contribution < -0.4 is 5.32 Å². The number of carbonyl (C=O) groups excluding carboxylic acids is 1. The summed E-state index contributed by atoms with van der Waals surface area (Å²) in [5.41, 5.74) is 0.268. The van der Waals surface area contributed by atoms with Gasteiger partial charge >= 0.3 is 5.97 Å². The summed E-state index contributed by atoms with van der Waals surface area (Å²) in [6.45, 7) is 0. The van der Waals surface area contributed by atoms with E-state index in [1.165, 1.54) is 35.6 Å². The van der Waals surface area contributed by atoms with Crippen molar-refractivity contribution in [2.45, 2.75) is 17.4 Å². The zero-order chi connectivity index (χ0) is 17.0. The number of carboxylic acid groups (broad SMARTS) is 1. The van der Waals surface area contributed by atoms with E-state index in [0.717, 1.165) is 11.1 Å². The molecule has 1 aromatic heterocycles. The van der Waals surface area contributed by atoms with Crippen molar-refractivity contribution in [3.8, 4) is 0 Å². The van der Waals surface area contributed by atoms with E-state index in [0.29, 0.717) is 0 Å². The number of amides is 1. The van der Waals surface area contributed by atoms with Crippen molar-refractivity contribution in [2.24, 2.45) is 0 Å². The molecule has 122 valence electrons. The van der Waals surface area contributed by atoms with Crippen LogP contribution in [0.15, 0.2) is 46.7 Å². The maximum Gasteiger partial charge on any atom is 0.305 e. The molecule has 0 fully saturated rings. The summed E-state index contributed by atoms with van der Waals surface area (Å²) < 4.78 is 22.8. The minimum absolute atomic E-state index is 0.120. The Balaban J connectivity index is 2.17. The predicted molar refractivity (Wildman–Crippen MR) is 86.3 cm³/mol. The van der Waals surface area contributed by atoms with E-state index in [2.05, 4.69) is 5.32 Å². The molecule has 0 aliphatic carbocycles. The third-order valence-electron chi connectivity index (χ3n) is 3.12. The summed E-state index contributed by atoms with van der Waals surface area (Å²) in [4.78, 5) is 24.1. The summed E-state index contributed by atoms with van der Waals surface area (Å²) in [6.07, 6.45) is 0.857. The molecular weight excluding hydrogens is 338 g/mol. The van der Waals surface area contributed by atoms with Gasteiger partial charge in [0.25, 0.3) is 5.91 Å². The summed E-state index contributed by atoms with van der Waals surface area (Å²) in [5.74, 6) is -1.47. The van der Waals surface area contributed by atoms with Gasteiger partial charge < -0.3 is 10.4 Å². The number of carboxylic acids is 1. The fourth-order valence-electron chi connectivity index (χ4n) is 1.98. The molecule has 0 unspecified atom stereocenters. The normalized spacial score (nSPS) is 12.6. The van der Waals surface area contributed by atoms with Crippen LogP contribution in [-0.4, -0.2) is 31.7 Å². The number of rotatable bonds is 6. The Morgan fingerprint density at radius 2 is 1.87 bits per heavy atom. The minimum atomic E-state index is -3.33. The Bertz CT molecular complexity index is 795. The first-order valence-corrected chi connectivity index (χ1v) is 9.40. The topological polar surface area (TPSA) is 101 Å². The van der Waals surface area contributed by atoms with Crippen LogP contribution in [0, 0.1) is 0 Å². The quantitative estimate of drug-likeness (QED) is 0.828. The molecular formula is C15H15NO5S2. The average Bonchev–Trinajstić information content (AvgIpc) is 2.99. The van der Waals surface area contributed by atoms with E-state index in [4.69, 9.17) is 5.11 Å². The second-order valence-electron chi connectivity index (χ2n) is 4.94. The Labute approximate surface area is 137 Å². The molecule has 23 heavy (non-hydrogen) atoms. The molecule has 6 nitrogen and oxygen atoms in total. The van der Waals surface area contributed by atoms with Crippen molar-refractivity contribution in [3.63, 3.8) is 0 Å². The van der Waals surface area contributed by atoms with Crippen molar-refractivity contribution >= 4 is 33.1 Å². The summed E-state index contributed by atoms with van der Waals surface area (Å²) in [5, 5.41) is 13.4. The van der Waals surface area contributed by atoms with Gasteiger partial charge in [-0.25, -0.2) is 8.42 Å². The number of nitrogens with one attached hydrogen (secondary N) is 1. The van der Waals surface area contributed by atoms with E-state index in [-0.39, 0.29) is 16.9 Å². The average molecular weight is 353 g/mol. The predicted octanol–water partition coefficient (Wildman–Crippen LogP) is 2.10. The summed E-state index contributed by atoms with van der Waals surface area (Å²) in [7, 11) is -3.33. The van der Waals surface area contributed by atoms with Gasteiger partial charge in [-0.3, -0.25) is 9.59 Å². The van der Waals surface area contributed by atoms with Crippen molar-refractivity contribution in [2.75, 3.05) is 6.26 Å². The molecule has 0 spiro atoms. The fraction of sp³-hybridized carbons (Fsp3) is 0.200. The van der Waals surface area contributed by atoms with Gasteiger partial charge in [0.15, 0.2) is 9.84 Å². The van der Waals surface area contributed by atoms with Crippen molar-refractivity contribution in [3.05, 3.63) is 52.2 Å². The second-order valence-corrected chi connectivity index (χ2v) is 7.93. The van der Waals surface area contributed by atoms with Crippen LogP contribution in [0.2, 0.25) is 0 Å². The van der Waals surface area contributed by atoms with Gasteiger partial charge in [0.05, 0.1) is 17.4 Å². The molecule has 0 aliphatic heterocycles. The molecule has 0 saturated carbocycles. The lowest BCUT2D eigenvalue weighted by Crippen LogP contribution is -2.29. The first-order valence-electron chi connectivity index (χ1n) is 6.63. The molecule has 0 saturated heterocycles. The van der Waals surface area contributed by atoms with E-state index in [1.807, 2.05) is 0 Å². The molecule has 1 atom stereocenters. The SMILES string of the molecule is CS(=O)(=O)c1ccc(C(=O)N[C@H](CC(=O)O)c2cccs2)cc1. The molecule has 1 aromatic carbocycles. The highest BCUT2D eigenvalue weighted by atomic mass is 32.2. The fourth-order valence-corrected chi connectivity index (χ4v) is 3.39. The number of benzene rings is 1. The Hall–Kier alpha value is -2.19. The molecule has 0 radical (unpaired) electrons. The number of sulfone groups is 1. The van der Waals surface area contributed by atoms with Crippen molar-refractivity contribution in [1.82, 2.24) is 5.32 Å². The van der Waals surface area contributed by atoms with E-state index < -0.39 is 27.8 Å². The van der Waals surface area contributed by atoms with Crippen LogP contribution in [0.3, 0.4) is 0 Å². The molecule has 0 aliphatic rings. The smallest absolute Gasteiger partial charge is 0.305 e. The van der Waals surface area contributed by atoms with E-state index in [1.54, 1.807) is 17.5 Å². The van der Waals surface area contributed by atoms with Crippen LogP contribution in [0.1, 0.15) is 27.7 Å². The lowest BCUT2D eigenvalue weighted by atomic mass is 10.1. The molecule has 8 heteroatoms. The second kappa shape index (κ2) is 6.93. The Morgan fingerprint density at radius 1 is 1.22 bits per heavy atom. The highest BCUT2D eigenvalue weighted by Gasteiger charge is 2.20. The van der Waals surface area contributed by atoms with Gasteiger partial charge in [0, 0.05) is 16.7 Å². The van der Waals surface area contributed by atoms with Gasteiger partial charge in [-0.05, 0) is 35.7 Å². The molecule has 1 amide bonds. The van der Waals surface area contributed by atoms with Gasteiger partial charge in [-0.2, -0.15) is 0 Å². The maximum atomic E-state index is 12.2. The standard InChI is InChI=1S/C15H15NO5S2/c1-23(20,21)11-6-4-10(5-7-11)15(19)16-12(9-14(17)18)13-3-2-8-22-13/h2-8,12H,9H2,1H3,(H,16,19)(H,17,18)/t12-/m1/s1. The number of aliphatic carboxylic acids is 1. The first kappa shape index (κ1) is 17.2. The number of thiophene rings is 1. The minimum Gasteiger partial charge on any atom is -0.481 e. The van der Waals surface area contributed by atoms with E-state index >= 15 is 0 Å². The van der Waals surface area contributed by atoms with Gasteiger partial charge in [0.1, 0.15) is 0 Å². The zero-order valence-corrected chi connectivity index (χ0v) is 13.9. The third-order valence-corrected chi connectivity index (χ3v) is 5.23.